The predicted molar refractivity (Wildman–Crippen MR) is 176 cm³/mol. The maximum atomic E-state index is 12.4. The molecule has 0 saturated heterocycles. The number of carbonyl (C=O) groups excluding carboxylic acids is 2. The third-order valence-electron chi connectivity index (χ3n) is 5.10. The average Bonchev–Trinajstić information content (AvgIpc) is 2.68. The van der Waals surface area contributed by atoms with Gasteiger partial charge in [0.15, 0.2) is 33.3 Å². The molecule has 0 bridgehead atoms. The van der Waals surface area contributed by atoms with E-state index in [2.05, 4.69) is 99.0 Å². The SMILES string of the molecule is C=C(CC(=O)OCCC(C)[SiH](O[Si](C)(C)C)O[Si](C)(C)C)C(=O)OCCC(C)[SiH](O[Si](C)(C)C)O[Si](C)(C)C. The summed E-state index contributed by atoms with van der Waals surface area (Å²) in [6.45, 7) is 34.5. The maximum absolute atomic E-state index is 12.4. The molecule has 2 atom stereocenters. The second kappa shape index (κ2) is 16.5. The van der Waals surface area contributed by atoms with Crippen LogP contribution in [0.5, 0.6) is 0 Å². The molecule has 0 aliphatic heterocycles. The molecule has 0 N–H and O–H groups in total. The van der Waals surface area contributed by atoms with Crippen molar-refractivity contribution in [3.05, 3.63) is 12.2 Å². The van der Waals surface area contributed by atoms with E-state index in [0.717, 1.165) is 0 Å². The molecule has 39 heavy (non-hydrogen) atoms. The quantitative estimate of drug-likeness (QED) is 0.0895. The minimum Gasteiger partial charge on any atom is -0.465 e. The molecule has 0 aromatic carbocycles. The third kappa shape index (κ3) is 21.2. The first-order valence-electron chi connectivity index (χ1n) is 14.1. The summed E-state index contributed by atoms with van der Waals surface area (Å²) >= 11 is 0. The van der Waals surface area contributed by atoms with Gasteiger partial charge in [-0.15, -0.1) is 0 Å². The van der Waals surface area contributed by atoms with Crippen LogP contribution in [0, 0.1) is 0 Å². The Kier molecular flexibility index (Phi) is 16.4. The van der Waals surface area contributed by atoms with Crippen molar-refractivity contribution in [2.45, 2.75) is 123 Å². The van der Waals surface area contributed by atoms with Gasteiger partial charge in [-0.1, -0.05) is 20.4 Å². The number of carbonyl (C=O) groups is 2. The van der Waals surface area contributed by atoms with Crippen LogP contribution in [0.3, 0.4) is 0 Å². The normalized spacial score (nSPS) is 14.9. The minimum atomic E-state index is -1.92. The molecule has 0 radical (unpaired) electrons. The summed E-state index contributed by atoms with van der Waals surface area (Å²) in [5.41, 5.74) is 0.495. The van der Waals surface area contributed by atoms with Crippen molar-refractivity contribution in [3.63, 3.8) is 0 Å². The van der Waals surface area contributed by atoms with Gasteiger partial charge in [-0.3, -0.25) is 4.79 Å². The second-order valence-electron chi connectivity index (χ2n) is 14.3. The summed E-state index contributed by atoms with van der Waals surface area (Å²) in [5, 5.41) is 0. The molecule has 0 rings (SSSR count). The zero-order chi connectivity index (χ0) is 30.8. The Labute approximate surface area is 246 Å². The van der Waals surface area contributed by atoms with E-state index in [1.807, 2.05) is 0 Å². The van der Waals surface area contributed by atoms with E-state index in [0.29, 0.717) is 12.8 Å². The predicted octanol–water partition coefficient (Wildman–Crippen LogP) is 6.43. The summed E-state index contributed by atoms with van der Waals surface area (Å²) in [6.07, 6.45) is 1.13. The van der Waals surface area contributed by atoms with Crippen molar-refractivity contribution in [3.8, 4) is 0 Å². The average molecular weight is 655 g/mol. The second-order valence-corrected chi connectivity index (χ2v) is 38.7. The number of rotatable bonds is 19. The van der Waals surface area contributed by atoms with Crippen LogP contribution in [0.15, 0.2) is 12.2 Å². The van der Waals surface area contributed by atoms with E-state index in [1.165, 1.54) is 0 Å². The van der Waals surface area contributed by atoms with Gasteiger partial charge in [-0.25, -0.2) is 4.79 Å². The molecule has 0 heterocycles. The standard InChI is InChI=1S/C25H58O8Si6/c1-21(25(27)29-19-17-23(3)35(32-38(10,11)12)33-39(13,14)15)20-24(26)28-18-16-22(2)34(30-36(4,5)6)31-37(7,8)9/h22-23,34-35H,1,16-20H2,2-15H3. The van der Waals surface area contributed by atoms with Crippen LogP contribution in [0.1, 0.15) is 33.1 Å². The first-order chi connectivity index (χ1) is 17.4. The van der Waals surface area contributed by atoms with Crippen LogP contribution >= 0.6 is 0 Å². The first-order valence-corrected chi connectivity index (χ1v) is 31.0. The number of esters is 2. The Morgan fingerprint density at radius 3 is 1.23 bits per heavy atom. The van der Waals surface area contributed by atoms with Gasteiger partial charge >= 0.3 is 30.5 Å². The molecule has 0 aliphatic carbocycles. The highest BCUT2D eigenvalue weighted by Crippen LogP contribution is 2.25. The Bertz CT molecular complexity index is 751. The lowest BCUT2D eigenvalue weighted by Crippen LogP contribution is -2.45. The highest BCUT2D eigenvalue weighted by atomic mass is 28.5. The van der Waals surface area contributed by atoms with E-state index in [1.54, 1.807) is 0 Å². The van der Waals surface area contributed by atoms with Crippen LogP contribution < -0.4 is 0 Å². The molecular formula is C25H58O8Si6. The molecule has 0 aliphatic rings. The molecule has 0 fully saturated rings. The van der Waals surface area contributed by atoms with Crippen molar-refractivity contribution in [1.82, 2.24) is 0 Å². The van der Waals surface area contributed by atoms with Crippen LogP contribution in [-0.2, 0) is 35.5 Å². The van der Waals surface area contributed by atoms with Crippen molar-refractivity contribution in [2.75, 3.05) is 13.2 Å². The summed E-state index contributed by atoms with van der Waals surface area (Å²) in [5.74, 6) is -1.05. The fourth-order valence-electron chi connectivity index (χ4n) is 3.27. The van der Waals surface area contributed by atoms with Crippen molar-refractivity contribution in [2.24, 2.45) is 0 Å². The van der Waals surface area contributed by atoms with Gasteiger partial charge in [-0.2, -0.15) is 0 Å². The van der Waals surface area contributed by atoms with Crippen LogP contribution in [0.25, 0.3) is 0 Å². The van der Waals surface area contributed by atoms with Gasteiger partial charge in [0, 0.05) is 5.57 Å². The Morgan fingerprint density at radius 1 is 0.615 bits per heavy atom. The molecular weight excluding hydrogens is 597 g/mol. The van der Waals surface area contributed by atoms with Gasteiger partial charge < -0.3 is 25.9 Å². The summed E-state index contributed by atoms with van der Waals surface area (Å²) in [7, 11) is -10.8. The molecule has 0 amide bonds. The lowest BCUT2D eigenvalue weighted by atomic mass is 10.2. The molecule has 8 nitrogen and oxygen atoms in total. The maximum Gasteiger partial charge on any atom is 0.333 e. The minimum absolute atomic E-state index is 0.0996. The largest absolute Gasteiger partial charge is 0.465 e. The zero-order valence-corrected chi connectivity index (χ0v) is 33.6. The van der Waals surface area contributed by atoms with E-state index in [4.69, 9.17) is 25.9 Å². The topological polar surface area (TPSA) is 89.5 Å². The number of ether oxygens (including phenoxy) is 2. The summed E-state index contributed by atoms with van der Waals surface area (Å²) < 4.78 is 36.5. The lowest BCUT2D eigenvalue weighted by molar-refractivity contribution is -0.146. The number of hydrogen-bond acceptors (Lipinski definition) is 8. The van der Waals surface area contributed by atoms with E-state index in [9.17, 15) is 9.59 Å². The smallest absolute Gasteiger partial charge is 0.333 e. The van der Waals surface area contributed by atoms with Crippen molar-refractivity contribution < 1.29 is 35.5 Å². The third-order valence-corrected chi connectivity index (χ3v) is 22.7. The zero-order valence-electron chi connectivity index (χ0n) is 27.3. The van der Waals surface area contributed by atoms with Gasteiger partial charge in [0.05, 0.1) is 19.6 Å². The highest BCUT2D eigenvalue weighted by Gasteiger charge is 2.34. The number of hydrogen-bond donors (Lipinski definition) is 0. The lowest BCUT2D eigenvalue weighted by Gasteiger charge is -2.34. The molecule has 0 aromatic heterocycles. The molecule has 2 unspecified atom stereocenters. The Hall–Kier alpha value is -0.179. The van der Waals surface area contributed by atoms with Crippen LogP contribution in [-0.4, -0.2) is 77.0 Å². The molecule has 14 heteroatoms. The van der Waals surface area contributed by atoms with Gasteiger partial charge in [0.1, 0.15) is 0 Å². The van der Waals surface area contributed by atoms with E-state index < -0.39 is 63.8 Å². The molecule has 230 valence electrons. The Morgan fingerprint density at radius 2 is 0.923 bits per heavy atom. The van der Waals surface area contributed by atoms with Crippen molar-refractivity contribution in [1.29, 1.82) is 0 Å². The van der Waals surface area contributed by atoms with Gasteiger partial charge in [0.2, 0.25) is 0 Å². The molecule has 0 saturated carbocycles. The van der Waals surface area contributed by atoms with Crippen molar-refractivity contribution >= 4 is 63.8 Å². The van der Waals surface area contributed by atoms with Crippen LogP contribution in [0.2, 0.25) is 89.6 Å². The van der Waals surface area contributed by atoms with Crippen LogP contribution in [0.4, 0.5) is 0 Å². The highest BCUT2D eigenvalue weighted by molar-refractivity contribution is 6.82. The Balaban J connectivity index is 4.66. The first kappa shape index (κ1) is 38.8. The molecule has 0 spiro atoms. The van der Waals surface area contributed by atoms with Gasteiger partial charge in [-0.05, 0) is 102 Å². The summed E-state index contributed by atoms with van der Waals surface area (Å²) in [6, 6.07) is 0. The molecule has 0 aromatic rings. The van der Waals surface area contributed by atoms with E-state index in [-0.39, 0.29) is 36.3 Å². The fraction of sp³-hybridized carbons (Fsp3) is 0.840. The van der Waals surface area contributed by atoms with E-state index >= 15 is 0 Å². The monoisotopic (exact) mass is 654 g/mol. The fourth-order valence-corrected chi connectivity index (χ4v) is 20.2. The van der Waals surface area contributed by atoms with Gasteiger partial charge in [0.25, 0.3) is 0 Å². The summed E-state index contributed by atoms with van der Waals surface area (Å²) in [4.78, 5) is 24.8.